The van der Waals surface area contributed by atoms with Crippen LogP contribution < -0.4 is 4.72 Å². The van der Waals surface area contributed by atoms with Gasteiger partial charge in [-0.1, -0.05) is 66.4 Å². The number of aldehydes is 1. The maximum atomic E-state index is 13.9. The molecule has 4 unspecified atom stereocenters. The molecule has 1 N–H and O–H groups in total. The molecule has 1 saturated carbocycles. The number of rotatable bonds is 5. The third-order valence-electron chi connectivity index (χ3n) is 6.74. The van der Waals surface area contributed by atoms with Crippen LogP contribution >= 0.6 is 11.6 Å². The first-order chi connectivity index (χ1) is 15.7. The van der Waals surface area contributed by atoms with E-state index in [0.29, 0.717) is 41.0 Å². The topological polar surface area (TPSA) is 83.6 Å². The van der Waals surface area contributed by atoms with Gasteiger partial charge in [0.15, 0.2) is 0 Å². The Morgan fingerprint density at radius 1 is 1.15 bits per heavy atom. The van der Waals surface area contributed by atoms with Gasteiger partial charge in [-0.15, -0.1) is 0 Å². The first kappa shape index (κ1) is 23.9. The molecule has 0 bridgehead atoms. The van der Waals surface area contributed by atoms with E-state index < -0.39 is 28.0 Å². The summed E-state index contributed by atoms with van der Waals surface area (Å²) in [6.07, 6.45) is 11.6. The van der Waals surface area contributed by atoms with Crippen molar-refractivity contribution in [1.82, 2.24) is 9.62 Å². The summed E-state index contributed by atoms with van der Waals surface area (Å²) in [6, 6.07) is 5.73. The van der Waals surface area contributed by atoms with Crippen molar-refractivity contribution < 1.29 is 18.0 Å². The molecule has 1 fully saturated rings. The van der Waals surface area contributed by atoms with Crippen molar-refractivity contribution in [3.8, 4) is 0 Å². The fourth-order valence-electron chi connectivity index (χ4n) is 5.36. The molecule has 1 heterocycles. The Morgan fingerprint density at radius 3 is 2.61 bits per heavy atom. The van der Waals surface area contributed by atoms with Crippen molar-refractivity contribution in [1.29, 1.82) is 0 Å². The minimum atomic E-state index is -3.48. The quantitative estimate of drug-likeness (QED) is 0.634. The second kappa shape index (κ2) is 9.57. The predicted molar refractivity (Wildman–Crippen MR) is 130 cm³/mol. The van der Waals surface area contributed by atoms with Crippen molar-refractivity contribution in [2.45, 2.75) is 63.1 Å². The Kier molecular flexibility index (Phi) is 6.93. The van der Waals surface area contributed by atoms with E-state index >= 15 is 0 Å². The number of hydrogen-bond donors (Lipinski definition) is 1. The molecule has 4 atom stereocenters. The van der Waals surface area contributed by atoms with Gasteiger partial charge in [-0.25, -0.2) is 13.1 Å². The summed E-state index contributed by atoms with van der Waals surface area (Å²) in [5.41, 5.74) is 2.88. The predicted octanol–water partition coefficient (Wildman–Crippen LogP) is 4.05. The number of allylic oxidation sites excluding steroid dienone is 4. The first-order valence-electron chi connectivity index (χ1n) is 11.3. The third kappa shape index (κ3) is 4.86. The van der Waals surface area contributed by atoms with Gasteiger partial charge in [-0.2, -0.15) is 0 Å². The fraction of sp³-hybridized carbons (Fsp3) is 0.440. The van der Waals surface area contributed by atoms with E-state index in [-0.39, 0.29) is 11.9 Å². The van der Waals surface area contributed by atoms with E-state index in [0.717, 1.165) is 31.0 Å². The van der Waals surface area contributed by atoms with Crippen LogP contribution in [0, 0.1) is 0 Å². The molecular weight excluding hydrogens is 460 g/mol. The van der Waals surface area contributed by atoms with Gasteiger partial charge < -0.3 is 9.69 Å². The summed E-state index contributed by atoms with van der Waals surface area (Å²) in [7, 11) is -3.48. The number of hydrogen-bond acceptors (Lipinski definition) is 4. The number of benzene rings is 1. The summed E-state index contributed by atoms with van der Waals surface area (Å²) in [5.74, 6) is -0.809. The van der Waals surface area contributed by atoms with Gasteiger partial charge >= 0.3 is 0 Å². The molecule has 0 radical (unpaired) electrons. The Labute approximate surface area is 200 Å². The van der Waals surface area contributed by atoms with Gasteiger partial charge in [0, 0.05) is 22.7 Å². The molecular formula is C25H29ClN2O4S. The molecule has 6 nitrogen and oxygen atoms in total. The number of halogens is 1. The van der Waals surface area contributed by atoms with Crippen LogP contribution in [0.1, 0.15) is 60.9 Å². The van der Waals surface area contributed by atoms with Crippen LogP contribution in [-0.4, -0.2) is 49.9 Å². The number of sulfonamides is 1. The fourth-order valence-corrected chi connectivity index (χ4v) is 6.44. The van der Waals surface area contributed by atoms with Crippen LogP contribution in [0.5, 0.6) is 0 Å². The first-order valence-corrected chi connectivity index (χ1v) is 13.6. The van der Waals surface area contributed by atoms with Gasteiger partial charge in [0.05, 0.1) is 18.2 Å². The lowest BCUT2D eigenvalue weighted by atomic mass is 9.77. The number of nitrogens with one attached hydrogen (secondary N) is 1. The molecule has 33 heavy (non-hydrogen) atoms. The van der Waals surface area contributed by atoms with Crippen molar-refractivity contribution >= 4 is 33.8 Å². The molecule has 3 aliphatic rings. The average Bonchev–Trinajstić information content (AvgIpc) is 2.93. The molecule has 1 aromatic carbocycles. The maximum absolute atomic E-state index is 13.9. The van der Waals surface area contributed by atoms with Crippen molar-refractivity contribution in [2.24, 2.45) is 0 Å². The lowest BCUT2D eigenvalue weighted by Gasteiger charge is -2.49. The molecule has 0 saturated heterocycles. The Morgan fingerprint density at radius 2 is 1.88 bits per heavy atom. The largest absolute Gasteiger partial charge is 0.326 e. The Bertz CT molecular complexity index is 1150. The third-order valence-corrected chi connectivity index (χ3v) is 7.84. The summed E-state index contributed by atoms with van der Waals surface area (Å²) >= 11 is 6.72. The van der Waals surface area contributed by atoms with Gasteiger partial charge in [0.1, 0.15) is 6.29 Å². The van der Waals surface area contributed by atoms with Crippen LogP contribution in [-0.2, 0) is 14.8 Å². The second-order valence-electron chi connectivity index (χ2n) is 9.09. The monoisotopic (exact) mass is 488 g/mol. The van der Waals surface area contributed by atoms with E-state index in [9.17, 15) is 18.0 Å². The van der Waals surface area contributed by atoms with Gasteiger partial charge in [-0.3, -0.25) is 4.79 Å². The Balaban J connectivity index is 1.90. The molecule has 1 amide bonds. The highest BCUT2D eigenvalue weighted by molar-refractivity contribution is 7.88. The van der Waals surface area contributed by atoms with Crippen LogP contribution in [0.3, 0.4) is 0 Å². The number of carbonyl (C=O) groups excluding carboxylic acids is 2. The number of amides is 1. The summed E-state index contributed by atoms with van der Waals surface area (Å²) < 4.78 is 27.0. The molecule has 8 heteroatoms. The van der Waals surface area contributed by atoms with Crippen molar-refractivity contribution in [3.05, 3.63) is 69.8 Å². The van der Waals surface area contributed by atoms with Crippen LogP contribution in [0.25, 0.3) is 0 Å². The molecule has 176 valence electrons. The van der Waals surface area contributed by atoms with Gasteiger partial charge in [0.25, 0.3) is 5.91 Å². The molecule has 4 rings (SSSR count). The van der Waals surface area contributed by atoms with Crippen LogP contribution in [0.15, 0.2) is 58.7 Å². The zero-order valence-electron chi connectivity index (χ0n) is 18.8. The zero-order valence-corrected chi connectivity index (χ0v) is 20.4. The SMILES string of the molecule is CC1=CCC=C(Cl)C(C2C(C=O)c3ccccc3C(=O)N2C2CCCCC2NS(C)(=O)=O)=C1. The van der Waals surface area contributed by atoms with Gasteiger partial charge in [-0.05, 0) is 43.4 Å². The second-order valence-corrected chi connectivity index (χ2v) is 11.3. The highest BCUT2D eigenvalue weighted by Crippen LogP contribution is 2.42. The smallest absolute Gasteiger partial charge is 0.255 e. The maximum Gasteiger partial charge on any atom is 0.255 e. The highest BCUT2D eigenvalue weighted by Gasteiger charge is 2.47. The molecule has 2 aliphatic carbocycles. The molecule has 1 aliphatic heterocycles. The zero-order chi connectivity index (χ0) is 23.8. The molecule has 0 aromatic heterocycles. The number of carbonyl (C=O) groups is 2. The summed E-state index contributed by atoms with van der Waals surface area (Å²) in [6.45, 7) is 1.97. The molecule has 1 aromatic rings. The summed E-state index contributed by atoms with van der Waals surface area (Å²) in [5, 5.41) is 0.514. The van der Waals surface area contributed by atoms with Crippen LogP contribution in [0.4, 0.5) is 0 Å². The van der Waals surface area contributed by atoms with Crippen molar-refractivity contribution in [2.75, 3.05) is 6.26 Å². The number of fused-ring (bicyclic) bond motifs is 1. The average molecular weight is 489 g/mol. The standard InChI is InChI=1S/C25H29ClN2O4S/c1-16-8-7-11-21(26)19(14-16)24-20(15-29)17-9-3-4-10-18(17)25(30)28(24)23-13-6-5-12-22(23)27-33(2,31)32/h3-4,8-11,14-15,20,22-24,27H,5-7,12-13H2,1-2H3. The van der Waals surface area contributed by atoms with Gasteiger partial charge in [0.2, 0.25) is 10.0 Å². The Hall–Kier alpha value is -2.22. The van der Waals surface area contributed by atoms with Crippen LogP contribution in [0.2, 0.25) is 0 Å². The minimum Gasteiger partial charge on any atom is -0.326 e. The summed E-state index contributed by atoms with van der Waals surface area (Å²) in [4.78, 5) is 28.2. The number of nitrogens with zero attached hydrogens (tertiary/aromatic N) is 1. The van der Waals surface area contributed by atoms with E-state index in [1.807, 2.05) is 37.3 Å². The van der Waals surface area contributed by atoms with E-state index in [4.69, 9.17) is 11.6 Å². The van der Waals surface area contributed by atoms with E-state index in [1.54, 1.807) is 17.0 Å². The highest BCUT2D eigenvalue weighted by atomic mass is 35.5. The lowest BCUT2D eigenvalue weighted by Crippen LogP contribution is -2.61. The lowest BCUT2D eigenvalue weighted by molar-refractivity contribution is -0.110. The van der Waals surface area contributed by atoms with E-state index in [1.165, 1.54) is 0 Å². The normalized spacial score (nSPS) is 28.3. The molecule has 0 spiro atoms. The van der Waals surface area contributed by atoms with E-state index in [2.05, 4.69) is 4.72 Å². The van der Waals surface area contributed by atoms with Crippen molar-refractivity contribution in [3.63, 3.8) is 0 Å². The minimum absolute atomic E-state index is 0.197.